The van der Waals surface area contributed by atoms with Gasteiger partial charge in [0, 0.05) is 18.1 Å². The summed E-state index contributed by atoms with van der Waals surface area (Å²) in [4.78, 5) is 7.40. The number of hydrogen-bond acceptors (Lipinski definition) is 3. The van der Waals surface area contributed by atoms with Crippen LogP contribution in [0.5, 0.6) is 0 Å². The maximum Gasteiger partial charge on any atom is 0.165 e. The number of rotatable bonds is 8. The highest BCUT2D eigenvalue weighted by Gasteiger charge is 2.27. The van der Waals surface area contributed by atoms with Crippen LogP contribution in [0.2, 0.25) is 0 Å². The molecule has 92 valence electrons. The summed E-state index contributed by atoms with van der Waals surface area (Å²) in [5, 5.41) is 1.03. The van der Waals surface area contributed by atoms with Crippen molar-refractivity contribution in [3.8, 4) is 0 Å². The van der Waals surface area contributed by atoms with Crippen molar-refractivity contribution < 1.29 is 0 Å². The van der Waals surface area contributed by atoms with Crippen LogP contribution in [0.3, 0.4) is 0 Å². The third-order valence-corrected chi connectivity index (χ3v) is 4.81. The maximum absolute atomic E-state index is 4.56. The lowest BCUT2D eigenvalue weighted by Crippen LogP contribution is -2.26. The molecule has 0 spiro atoms. The van der Waals surface area contributed by atoms with Gasteiger partial charge in [-0.05, 0) is 24.0 Å². The van der Waals surface area contributed by atoms with Crippen molar-refractivity contribution in [3.63, 3.8) is 0 Å². The molecular weight excluding hydrogens is 236 g/mol. The standard InChI is InChI=1S/C12H22N2S2/c1-3-5-12(9-15,6-4-2)10-16-11-13-7-8-14-11/h7-8,15H,3-6,9-10H2,1-2H3,(H,13,14). The van der Waals surface area contributed by atoms with E-state index in [9.17, 15) is 0 Å². The topological polar surface area (TPSA) is 28.7 Å². The Labute approximate surface area is 108 Å². The number of aromatic nitrogens is 2. The summed E-state index contributed by atoms with van der Waals surface area (Å²) in [7, 11) is 0. The molecule has 0 saturated carbocycles. The summed E-state index contributed by atoms with van der Waals surface area (Å²) in [6.07, 6.45) is 8.68. The predicted molar refractivity (Wildman–Crippen MR) is 75.4 cm³/mol. The fourth-order valence-corrected chi connectivity index (χ4v) is 3.78. The zero-order valence-corrected chi connectivity index (χ0v) is 11.9. The molecule has 0 atom stereocenters. The Morgan fingerprint density at radius 2 is 2.06 bits per heavy atom. The van der Waals surface area contributed by atoms with Gasteiger partial charge in [-0.1, -0.05) is 38.5 Å². The normalized spacial score (nSPS) is 11.9. The van der Waals surface area contributed by atoms with E-state index in [1.54, 1.807) is 0 Å². The average molecular weight is 258 g/mol. The summed E-state index contributed by atoms with van der Waals surface area (Å²) in [5.74, 6) is 2.09. The van der Waals surface area contributed by atoms with Crippen molar-refractivity contribution in [2.75, 3.05) is 11.5 Å². The van der Waals surface area contributed by atoms with Crippen LogP contribution in [0.15, 0.2) is 17.6 Å². The van der Waals surface area contributed by atoms with E-state index >= 15 is 0 Å². The summed E-state index contributed by atoms with van der Waals surface area (Å²) >= 11 is 6.38. The molecule has 1 aromatic heterocycles. The summed E-state index contributed by atoms with van der Waals surface area (Å²) in [6, 6.07) is 0. The molecule has 0 aliphatic heterocycles. The van der Waals surface area contributed by atoms with Crippen LogP contribution in [-0.2, 0) is 0 Å². The van der Waals surface area contributed by atoms with E-state index in [1.165, 1.54) is 25.7 Å². The molecule has 0 saturated heterocycles. The van der Waals surface area contributed by atoms with Gasteiger partial charge in [0.25, 0.3) is 0 Å². The first kappa shape index (κ1) is 14.0. The van der Waals surface area contributed by atoms with Crippen LogP contribution in [0.25, 0.3) is 0 Å². The Morgan fingerprint density at radius 3 is 2.50 bits per heavy atom. The zero-order chi connectivity index (χ0) is 11.9. The van der Waals surface area contributed by atoms with Crippen LogP contribution in [0, 0.1) is 5.41 Å². The van der Waals surface area contributed by atoms with Crippen molar-refractivity contribution in [2.24, 2.45) is 5.41 Å². The van der Waals surface area contributed by atoms with Crippen molar-refractivity contribution in [1.82, 2.24) is 9.97 Å². The highest BCUT2D eigenvalue weighted by molar-refractivity contribution is 7.99. The molecule has 4 heteroatoms. The molecule has 0 aromatic carbocycles. The molecule has 1 rings (SSSR count). The van der Waals surface area contributed by atoms with Gasteiger partial charge in [-0.3, -0.25) is 0 Å². The molecule has 0 aliphatic rings. The van der Waals surface area contributed by atoms with E-state index in [0.29, 0.717) is 5.41 Å². The number of H-pyrrole nitrogens is 1. The number of thiol groups is 1. The molecule has 1 aromatic rings. The smallest absolute Gasteiger partial charge is 0.165 e. The molecule has 1 heterocycles. The molecule has 0 fully saturated rings. The van der Waals surface area contributed by atoms with Crippen molar-refractivity contribution in [2.45, 2.75) is 44.7 Å². The van der Waals surface area contributed by atoms with Crippen LogP contribution >= 0.6 is 24.4 Å². The number of nitrogens with one attached hydrogen (secondary N) is 1. The van der Waals surface area contributed by atoms with E-state index in [4.69, 9.17) is 0 Å². The van der Waals surface area contributed by atoms with Crippen molar-refractivity contribution in [1.29, 1.82) is 0 Å². The number of hydrogen-bond donors (Lipinski definition) is 2. The molecule has 2 nitrogen and oxygen atoms in total. The monoisotopic (exact) mass is 258 g/mol. The molecule has 0 amide bonds. The lowest BCUT2D eigenvalue weighted by atomic mass is 9.83. The van der Waals surface area contributed by atoms with Crippen molar-refractivity contribution in [3.05, 3.63) is 12.4 Å². The summed E-state index contributed by atoms with van der Waals surface area (Å²) in [5.41, 5.74) is 0.379. The third-order valence-electron chi connectivity index (χ3n) is 2.88. The largest absolute Gasteiger partial charge is 0.340 e. The SMILES string of the molecule is CCCC(CS)(CCC)CSc1ncc[nH]1. The van der Waals surface area contributed by atoms with Gasteiger partial charge >= 0.3 is 0 Å². The highest BCUT2D eigenvalue weighted by atomic mass is 32.2. The molecule has 0 unspecified atom stereocenters. The van der Waals surface area contributed by atoms with Gasteiger partial charge in [0.15, 0.2) is 5.16 Å². The molecule has 0 radical (unpaired) electrons. The van der Waals surface area contributed by atoms with Crippen LogP contribution in [0.4, 0.5) is 0 Å². The van der Waals surface area contributed by atoms with Gasteiger partial charge in [-0.15, -0.1) is 0 Å². The molecular formula is C12H22N2S2. The predicted octanol–water partition coefficient (Wildman–Crippen LogP) is 4.02. The van der Waals surface area contributed by atoms with E-state index in [-0.39, 0.29) is 0 Å². The fourth-order valence-electron chi connectivity index (χ4n) is 2.08. The van der Waals surface area contributed by atoms with E-state index in [2.05, 4.69) is 36.4 Å². The van der Waals surface area contributed by atoms with Gasteiger partial charge < -0.3 is 4.98 Å². The number of nitrogens with zero attached hydrogens (tertiary/aromatic N) is 1. The molecule has 0 bridgehead atoms. The first-order valence-corrected chi connectivity index (χ1v) is 7.61. The summed E-state index contributed by atoms with van der Waals surface area (Å²) in [6.45, 7) is 4.51. The minimum atomic E-state index is 0.379. The quantitative estimate of drug-likeness (QED) is 0.544. The zero-order valence-electron chi connectivity index (χ0n) is 10.2. The Bertz CT molecular complexity index is 267. The van der Waals surface area contributed by atoms with Crippen LogP contribution < -0.4 is 0 Å². The minimum Gasteiger partial charge on any atom is -0.340 e. The van der Waals surface area contributed by atoms with Crippen molar-refractivity contribution >= 4 is 24.4 Å². The Balaban J connectivity index is 2.54. The minimum absolute atomic E-state index is 0.379. The lowest BCUT2D eigenvalue weighted by molar-refractivity contribution is 0.318. The highest BCUT2D eigenvalue weighted by Crippen LogP contribution is 2.36. The number of imidazole rings is 1. The maximum atomic E-state index is 4.56. The van der Waals surface area contributed by atoms with Crippen LogP contribution in [-0.4, -0.2) is 21.5 Å². The average Bonchev–Trinajstić information content (AvgIpc) is 2.79. The summed E-state index contributed by atoms with van der Waals surface area (Å²) < 4.78 is 0. The van der Waals surface area contributed by atoms with Crippen LogP contribution in [0.1, 0.15) is 39.5 Å². The second-order valence-corrected chi connectivity index (χ2v) is 5.62. The second kappa shape index (κ2) is 7.28. The van der Waals surface area contributed by atoms with Gasteiger partial charge in [-0.2, -0.15) is 12.6 Å². The van der Waals surface area contributed by atoms with Gasteiger partial charge in [0.05, 0.1) is 0 Å². The third kappa shape index (κ3) is 4.06. The van der Waals surface area contributed by atoms with Gasteiger partial charge in [0.2, 0.25) is 0 Å². The molecule has 0 aliphatic carbocycles. The van der Waals surface area contributed by atoms with Gasteiger partial charge in [0.1, 0.15) is 0 Å². The van der Waals surface area contributed by atoms with E-state index in [1.807, 2.05) is 24.2 Å². The molecule has 1 N–H and O–H groups in total. The number of thioether (sulfide) groups is 1. The van der Waals surface area contributed by atoms with E-state index in [0.717, 1.165) is 16.7 Å². The first-order valence-electron chi connectivity index (χ1n) is 5.99. The van der Waals surface area contributed by atoms with Gasteiger partial charge in [-0.25, -0.2) is 4.98 Å². The fraction of sp³-hybridized carbons (Fsp3) is 0.750. The Hall–Kier alpha value is -0.0900. The van der Waals surface area contributed by atoms with E-state index < -0.39 is 0 Å². The Morgan fingerprint density at radius 1 is 1.38 bits per heavy atom. The number of aromatic amines is 1. The Kier molecular flexibility index (Phi) is 6.36. The first-order chi connectivity index (χ1) is 7.76. The second-order valence-electron chi connectivity index (χ2n) is 4.34. The molecule has 16 heavy (non-hydrogen) atoms. The lowest BCUT2D eigenvalue weighted by Gasteiger charge is -2.31.